The lowest BCUT2D eigenvalue weighted by Gasteiger charge is -2.37. The molecular weight excluding hydrogens is 296 g/mol. The maximum Gasteiger partial charge on any atom is 0.272 e. The molecule has 2 aromatic rings. The van der Waals surface area contributed by atoms with Crippen LogP contribution >= 0.6 is 0 Å². The van der Waals surface area contributed by atoms with Crippen LogP contribution in [0, 0.1) is 0 Å². The van der Waals surface area contributed by atoms with Gasteiger partial charge in [-0.2, -0.15) is 0 Å². The molecule has 6 nitrogen and oxygen atoms in total. The quantitative estimate of drug-likeness (QED) is 0.768. The van der Waals surface area contributed by atoms with Crippen LogP contribution in [0.3, 0.4) is 0 Å². The molecule has 1 aliphatic heterocycles. The zero-order valence-electron chi connectivity index (χ0n) is 13.4. The molecule has 0 spiro atoms. The number of hydrogen-bond acceptors (Lipinski definition) is 6. The summed E-state index contributed by atoms with van der Waals surface area (Å²) in [5.74, 6) is 1.06. The number of hydrogen-bond donors (Lipinski definition) is 0. The molecule has 0 amide bonds. The Balaban J connectivity index is 1.68. The first-order chi connectivity index (χ1) is 11.2. The number of nitrogens with zero attached hydrogens (tertiary/aromatic N) is 2. The molecule has 2 aromatic carbocycles. The minimum absolute atomic E-state index is 0.232. The second kappa shape index (κ2) is 6.32. The summed E-state index contributed by atoms with van der Waals surface area (Å²) < 4.78 is 10.5. The van der Waals surface area contributed by atoms with Crippen molar-refractivity contribution in [3.05, 3.63) is 44.7 Å². The summed E-state index contributed by atoms with van der Waals surface area (Å²) in [6.07, 6.45) is 0. The molecular formula is C17H20N2O4. The summed E-state index contributed by atoms with van der Waals surface area (Å²) in [6.45, 7) is 5.16. The Bertz CT molecular complexity index is 739. The van der Waals surface area contributed by atoms with Gasteiger partial charge in [0.25, 0.3) is 10.9 Å². The normalized spacial score (nSPS) is 15.0. The van der Waals surface area contributed by atoms with Crippen molar-refractivity contribution in [3.63, 3.8) is 0 Å². The fourth-order valence-corrected chi connectivity index (χ4v) is 2.91. The van der Waals surface area contributed by atoms with Gasteiger partial charge in [-0.15, -0.1) is 0 Å². The van der Waals surface area contributed by atoms with E-state index in [1.807, 2.05) is 36.1 Å². The molecule has 0 aromatic heterocycles. The lowest BCUT2D eigenvalue weighted by Crippen LogP contribution is -2.51. The van der Waals surface area contributed by atoms with Gasteiger partial charge in [0.1, 0.15) is 11.4 Å². The predicted octanol–water partition coefficient (Wildman–Crippen LogP) is 1.02. The van der Waals surface area contributed by atoms with Gasteiger partial charge in [0.15, 0.2) is 5.75 Å². The van der Waals surface area contributed by atoms with Gasteiger partial charge in [-0.1, -0.05) is 0 Å². The zero-order chi connectivity index (χ0) is 16.4. The van der Waals surface area contributed by atoms with Gasteiger partial charge in [-0.05, 0) is 31.2 Å². The Morgan fingerprint density at radius 2 is 1.57 bits per heavy atom. The molecule has 0 atom stereocenters. The maximum absolute atomic E-state index is 11.8. The van der Waals surface area contributed by atoms with Crippen molar-refractivity contribution in [2.75, 3.05) is 49.7 Å². The van der Waals surface area contributed by atoms with Gasteiger partial charge >= 0.3 is 0 Å². The van der Waals surface area contributed by atoms with E-state index in [2.05, 4.69) is 4.90 Å². The van der Waals surface area contributed by atoms with Gasteiger partial charge in [-0.3, -0.25) is 9.59 Å². The Morgan fingerprint density at radius 3 is 2.13 bits per heavy atom. The van der Waals surface area contributed by atoms with Crippen LogP contribution in [0.5, 0.6) is 11.5 Å². The van der Waals surface area contributed by atoms with Gasteiger partial charge in [0, 0.05) is 31.9 Å². The van der Waals surface area contributed by atoms with Crippen molar-refractivity contribution in [2.24, 2.45) is 0 Å². The van der Waals surface area contributed by atoms with Crippen LogP contribution in [-0.4, -0.2) is 39.9 Å². The van der Waals surface area contributed by atoms with E-state index in [0.29, 0.717) is 25.4 Å². The van der Waals surface area contributed by atoms with Crippen molar-refractivity contribution < 1.29 is 9.47 Å². The van der Waals surface area contributed by atoms with E-state index in [4.69, 9.17) is 9.47 Å². The molecule has 0 aliphatic carbocycles. The molecule has 1 fully saturated rings. The largest absolute Gasteiger partial charge is 0.497 e. The van der Waals surface area contributed by atoms with Crippen LogP contribution in [0.1, 0.15) is 6.92 Å². The van der Waals surface area contributed by atoms with E-state index in [1.54, 1.807) is 7.11 Å². The summed E-state index contributed by atoms with van der Waals surface area (Å²) in [4.78, 5) is 27.6. The third-order valence-electron chi connectivity index (χ3n) is 4.16. The third kappa shape index (κ3) is 2.76. The highest BCUT2D eigenvalue weighted by Crippen LogP contribution is 2.26. The first kappa shape index (κ1) is 15.4. The lowest BCUT2D eigenvalue weighted by molar-refractivity contribution is 0.332. The van der Waals surface area contributed by atoms with Crippen LogP contribution < -0.4 is 30.1 Å². The summed E-state index contributed by atoms with van der Waals surface area (Å²) in [5.41, 5.74) is 0.650. The average Bonchev–Trinajstić information content (AvgIpc) is 2.61. The van der Waals surface area contributed by atoms with Gasteiger partial charge in [0.2, 0.25) is 0 Å². The van der Waals surface area contributed by atoms with Crippen LogP contribution in [0.2, 0.25) is 0 Å². The first-order valence-corrected chi connectivity index (χ1v) is 7.75. The first-order valence-electron chi connectivity index (χ1n) is 7.75. The molecule has 0 bridgehead atoms. The summed E-state index contributed by atoms with van der Waals surface area (Å²) >= 11 is 0. The second-order valence-electron chi connectivity index (χ2n) is 5.44. The molecule has 0 radical (unpaired) electrons. The molecule has 1 saturated heterocycles. The highest BCUT2D eigenvalue weighted by atomic mass is 16.5. The van der Waals surface area contributed by atoms with Crippen molar-refractivity contribution in [2.45, 2.75) is 6.92 Å². The van der Waals surface area contributed by atoms with Crippen LogP contribution in [-0.2, 0) is 0 Å². The van der Waals surface area contributed by atoms with E-state index >= 15 is 0 Å². The lowest BCUT2D eigenvalue weighted by atomic mass is 10.1. The number of methoxy groups -OCH3 is 1. The summed E-state index contributed by atoms with van der Waals surface area (Å²) in [5, 5.41) is 0. The summed E-state index contributed by atoms with van der Waals surface area (Å²) in [7, 11) is 1.65. The van der Waals surface area contributed by atoms with Gasteiger partial charge in [-0.25, -0.2) is 0 Å². The Hall–Kier alpha value is -2.50. The maximum atomic E-state index is 11.8. The minimum Gasteiger partial charge on any atom is -0.497 e. The molecule has 0 unspecified atom stereocenters. The van der Waals surface area contributed by atoms with Crippen LogP contribution in [0.15, 0.2) is 33.9 Å². The molecule has 0 N–H and O–H groups in total. The molecule has 6 heteroatoms. The number of ether oxygens (including phenoxy) is 2. The molecule has 0 saturated carbocycles. The van der Waals surface area contributed by atoms with Gasteiger partial charge in [0.05, 0.1) is 13.7 Å². The molecule has 122 valence electrons. The fraction of sp³-hybridized carbons (Fsp3) is 0.412. The van der Waals surface area contributed by atoms with Crippen molar-refractivity contribution >= 4 is 11.4 Å². The topological polar surface area (TPSA) is 59.1 Å². The monoisotopic (exact) mass is 316 g/mol. The van der Waals surface area contributed by atoms with E-state index in [0.717, 1.165) is 24.5 Å². The van der Waals surface area contributed by atoms with Crippen molar-refractivity contribution in [1.29, 1.82) is 0 Å². The Labute approximate surface area is 134 Å². The van der Waals surface area contributed by atoms with Gasteiger partial charge < -0.3 is 19.3 Å². The average molecular weight is 316 g/mol. The van der Waals surface area contributed by atoms with Crippen LogP contribution in [0.4, 0.5) is 11.4 Å². The standard InChI is InChI=1S/C17H20N2O4/c1-3-23-17-14(15(20)16(17)21)19-10-8-18(9-11-19)12-4-6-13(22-2)7-5-12/h4-7H,3,8-11H2,1-2H3. The Morgan fingerprint density at radius 1 is 0.957 bits per heavy atom. The summed E-state index contributed by atoms with van der Waals surface area (Å²) in [6, 6.07) is 7.92. The Kier molecular flexibility index (Phi) is 4.23. The predicted molar refractivity (Wildman–Crippen MR) is 89.9 cm³/mol. The smallest absolute Gasteiger partial charge is 0.272 e. The van der Waals surface area contributed by atoms with E-state index in [1.165, 1.54) is 0 Å². The highest BCUT2D eigenvalue weighted by molar-refractivity contribution is 5.64. The molecule has 1 heterocycles. The van der Waals surface area contributed by atoms with E-state index in [9.17, 15) is 9.59 Å². The van der Waals surface area contributed by atoms with E-state index < -0.39 is 10.9 Å². The second-order valence-corrected chi connectivity index (χ2v) is 5.44. The SMILES string of the molecule is CCOc1c(N2CCN(c3ccc(OC)cc3)CC2)c(=O)c1=O. The number of rotatable bonds is 5. The number of benzene rings is 1. The minimum atomic E-state index is -0.501. The van der Waals surface area contributed by atoms with E-state index in [-0.39, 0.29) is 5.75 Å². The molecule has 3 rings (SSSR count). The number of anilines is 2. The molecule has 1 aliphatic rings. The zero-order valence-corrected chi connectivity index (χ0v) is 13.4. The highest BCUT2D eigenvalue weighted by Gasteiger charge is 2.29. The third-order valence-corrected chi connectivity index (χ3v) is 4.16. The van der Waals surface area contributed by atoms with Crippen molar-refractivity contribution in [1.82, 2.24) is 0 Å². The number of piperazine rings is 1. The van der Waals surface area contributed by atoms with Crippen molar-refractivity contribution in [3.8, 4) is 11.5 Å². The van der Waals surface area contributed by atoms with Crippen LogP contribution in [0.25, 0.3) is 0 Å². The fourth-order valence-electron chi connectivity index (χ4n) is 2.91. The molecule has 23 heavy (non-hydrogen) atoms.